The predicted molar refractivity (Wildman–Crippen MR) is 104 cm³/mol. The first-order valence-electron chi connectivity index (χ1n) is 9.58. The van der Waals surface area contributed by atoms with E-state index in [2.05, 4.69) is 9.88 Å². The van der Waals surface area contributed by atoms with E-state index in [1.807, 2.05) is 4.90 Å². The number of hydrogen-bond acceptors (Lipinski definition) is 4. The molecule has 29 heavy (non-hydrogen) atoms. The van der Waals surface area contributed by atoms with Crippen molar-refractivity contribution in [1.29, 1.82) is 0 Å². The van der Waals surface area contributed by atoms with Crippen LogP contribution in [-0.2, 0) is 6.18 Å². The first-order chi connectivity index (χ1) is 13.9. The number of hydrogen-bond donors (Lipinski definition) is 0. The van der Waals surface area contributed by atoms with Gasteiger partial charge in [0.25, 0.3) is 5.91 Å². The van der Waals surface area contributed by atoms with Gasteiger partial charge in [-0.15, -0.1) is 11.3 Å². The zero-order valence-corrected chi connectivity index (χ0v) is 16.3. The van der Waals surface area contributed by atoms with E-state index in [1.165, 1.54) is 23.8 Å². The maximum atomic E-state index is 13.1. The van der Waals surface area contributed by atoms with Crippen LogP contribution in [0.25, 0.3) is 16.2 Å². The van der Waals surface area contributed by atoms with Gasteiger partial charge in [-0.25, -0.2) is 4.98 Å². The van der Waals surface area contributed by atoms with Crippen molar-refractivity contribution < 1.29 is 18.0 Å². The minimum atomic E-state index is -4.41. The van der Waals surface area contributed by atoms with Crippen LogP contribution in [0.15, 0.2) is 35.8 Å². The van der Waals surface area contributed by atoms with Crippen molar-refractivity contribution in [3.63, 3.8) is 0 Å². The molecule has 0 bridgehead atoms. The van der Waals surface area contributed by atoms with Gasteiger partial charge in [0, 0.05) is 42.8 Å². The third-order valence-corrected chi connectivity index (χ3v) is 6.63. The van der Waals surface area contributed by atoms with E-state index in [-0.39, 0.29) is 5.91 Å². The van der Waals surface area contributed by atoms with Crippen LogP contribution in [0.3, 0.4) is 0 Å². The quantitative estimate of drug-likeness (QED) is 0.629. The normalized spacial score (nSPS) is 20.4. The number of fused-ring (bicyclic) bond motifs is 2. The van der Waals surface area contributed by atoms with Gasteiger partial charge in [0.15, 0.2) is 4.96 Å². The number of carbonyl (C=O) groups is 1. The molecule has 0 saturated carbocycles. The number of carbonyl (C=O) groups excluding carboxylic acids is 1. The van der Waals surface area contributed by atoms with Crippen LogP contribution >= 0.6 is 11.3 Å². The number of alkyl halides is 3. The minimum absolute atomic E-state index is 0.0456. The summed E-state index contributed by atoms with van der Waals surface area (Å²) < 4.78 is 40.8. The molecule has 5 nitrogen and oxygen atoms in total. The standard InChI is InChI=1S/C20H19F3N4OS/c21-20(22,23)14-4-1-3-13(9-14)16-11-27-17(12-29-19(27)24-16)18(28)26-8-7-25-6-2-5-15(25)10-26/h1,3-4,9,11-12,15H,2,5-8,10H2/t15-/m1/s1. The molecule has 1 amide bonds. The highest BCUT2D eigenvalue weighted by atomic mass is 32.1. The lowest BCUT2D eigenvalue weighted by Gasteiger charge is -2.37. The van der Waals surface area contributed by atoms with Crippen LogP contribution < -0.4 is 0 Å². The van der Waals surface area contributed by atoms with Crippen LogP contribution in [0.2, 0.25) is 0 Å². The molecule has 2 aliphatic rings. The molecule has 1 atom stereocenters. The highest BCUT2D eigenvalue weighted by Gasteiger charge is 2.34. The largest absolute Gasteiger partial charge is 0.416 e. The Hall–Kier alpha value is -2.39. The molecule has 0 spiro atoms. The maximum absolute atomic E-state index is 13.1. The van der Waals surface area contributed by atoms with E-state index < -0.39 is 11.7 Å². The molecule has 1 aromatic carbocycles. The zero-order valence-electron chi connectivity index (χ0n) is 15.5. The Bertz CT molecular complexity index is 1070. The first kappa shape index (κ1) is 18.6. The Morgan fingerprint density at radius 2 is 2.07 bits per heavy atom. The molecule has 2 saturated heterocycles. The lowest BCUT2D eigenvalue weighted by molar-refractivity contribution is -0.137. The summed E-state index contributed by atoms with van der Waals surface area (Å²) in [6, 6.07) is 5.54. The molecule has 0 N–H and O–H groups in total. The maximum Gasteiger partial charge on any atom is 0.416 e. The summed E-state index contributed by atoms with van der Waals surface area (Å²) in [5.41, 5.74) is 0.616. The molecule has 0 radical (unpaired) electrons. The van der Waals surface area contributed by atoms with Gasteiger partial charge in [0.2, 0.25) is 0 Å². The Morgan fingerprint density at radius 1 is 1.21 bits per heavy atom. The molecule has 0 aliphatic carbocycles. The number of imidazole rings is 1. The number of thiazole rings is 1. The van der Waals surface area contributed by atoms with Crippen molar-refractivity contribution in [2.45, 2.75) is 25.1 Å². The summed E-state index contributed by atoms with van der Waals surface area (Å²) in [5.74, 6) is -0.0456. The molecule has 3 aromatic rings. The van der Waals surface area contributed by atoms with E-state index in [4.69, 9.17) is 0 Å². The first-order valence-corrected chi connectivity index (χ1v) is 10.5. The van der Waals surface area contributed by atoms with Gasteiger partial charge in [0.1, 0.15) is 5.69 Å². The van der Waals surface area contributed by atoms with Crippen LogP contribution in [-0.4, -0.2) is 57.3 Å². The molecule has 152 valence electrons. The highest BCUT2D eigenvalue weighted by molar-refractivity contribution is 7.15. The molecule has 2 aromatic heterocycles. The zero-order chi connectivity index (χ0) is 20.2. The van der Waals surface area contributed by atoms with Crippen LogP contribution in [0.1, 0.15) is 28.9 Å². The van der Waals surface area contributed by atoms with Gasteiger partial charge in [-0.05, 0) is 31.5 Å². The van der Waals surface area contributed by atoms with E-state index in [9.17, 15) is 18.0 Å². The summed E-state index contributed by atoms with van der Waals surface area (Å²) in [5, 5.41) is 1.78. The third-order valence-electron chi connectivity index (χ3n) is 5.79. The number of halogens is 3. The lowest BCUT2D eigenvalue weighted by atomic mass is 10.1. The molecular weight excluding hydrogens is 401 g/mol. The van der Waals surface area contributed by atoms with Crippen LogP contribution in [0.4, 0.5) is 13.2 Å². The average Bonchev–Trinajstić information content (AvgIpc) is 3.41. The van der Waals surface area contributed by atoms with Crippen molar-refractivity contribution in [1.82, 2.24) is 19.2 Å². The molecule has 9 heteroatoms. The topological polar surface area (TPSA) is 40.9 Å². The van der Waals surface area contributed by atoms with Crippen molar-refractivity contribution in [2.75, 3.05) is 26.2 Å². The number of piperazine rings is 1. The fraction of sp³-hybridized carbons (Fsp3) is 0.400. The molecule has 2 fully saturated rings. The molecule has 0 unspecified atom stereocenters. The summed E-state index contributed by atoms with van der Waals surface area (Å²) in [4.78, 5) is 22.5. The SMILES string of the molecule is O=C(c1csc2nc(-c3cccc(C(F)(F)F)c3)cn12)N1CCN2CCC[C@@H]2C1. The second-order valence-corrected chi connectivity index (χ2v) is 8.40. The lowest BCUT2D eigenvalue weighted by Crippen LogP contribution is -2.52. The molecular formula is C20H19F3N4OS. The van der Waals surface area contributed by atoms with E-state index in [1.54, 1.807) is 22.0 Å². The van der Waals surface area contributed by atoms with Crippen molar-refractivity contribution in [3.05, 3.63) is 47.1 Å². The number of rotatable bonds is 2. The summed E-state index contributed by atoms with van der Waals surface area (Å²) >= 11 is 1.32. The van der Waals surface area contributed by atoms with Crippen LogP contribution in [0, 0.1) is 0 Å². The Balaban J connectivity index is 1.44. The Kier molecular flexibility index (Phi) is 4.40. The summed E-state index contributed by atoms with van der Waals surface area (Å²) in [6.07, 6.45) is -0.456. The number of aromatic nitrogens is 2. The Labute approximate surface area is 169 Å². The van der Waals surface area contributed by atoms with Gasteiger partial charge in [0.05, 0.1) is 11.3 Å². The second kappa shape index (κ2) is 6.84. The number of amides is 1. The predicted octanol–water partition coefficient (Wildman–Crippen LogP) is 4.00. The minimum Gasteiger partial charge on any atom is -0.334 e. The monoisotopic (exact) mass is 420 g/mol. The Morgan fingerprint density at radius 3 is 2.90 bits per heavy atom. The molecule has 4 heterocycles. The highest BCUT2D eigenvalue weighted by Crippen LogP contribution is 2.33. The van der Waals surface area contributed by atoms with E-state index in [0.29, 0.717) is 34.5 Å². The smallest absolute Gasteiger partial charge is 0.334 e. The second-order valence-electron chi connectivity index (χ2n) is 7.56. The number of nitrogens with zero attached hydrogens (tertiary/aromatic N) is 4. The van der Waals surface area contributed by atoms with E-state index >= 15 is 0 Å². The van der Waals surface area contributed by atoms with Crippen LogP contribution in [0.5, 0.6) is 0 Å². The van der Waals surface area contributed by atoms with Crippen molar-refractivity contribution >= 4 is 22.2 Å². The van der Waals surface area contributed by atoms with Gasteiger partial charge >= 0.3 is 6.18 Å². The third kappa shape index (κ3) is 3.32. The fourth-order valence-electron chi connectivity index (χ4n) is 4.27. The van der Waals surface area contributed by atoms with Crippen molar-refractivity contribution in [3.8, 4) is 11.3 Å². The summed E-state index contributed by atoms with van der Waals surface area (Å²) in [7, 11) is 0. The summed E-state index contributed by atoms with van der Waals surface area (Å²) in [6.45, 7) is 3.42. The average molecular weight is 420 g/mol. The van der Waals surface area contributed by atoms with Gasteiger partial charge in [-0.1, -0.05) is 12.1 Å². The molecule has 5 rings (SSSR count). The number of benzene rings is 1. The fourth-order valence-corrected chi connectivity index (χ4v) is 5.12. The van der Waals surface area contributed by atoms with E-state index in [0.717, 1.165) is 38.2 Å². The van der Waals surface area contributed by atoms with Gasteiger partial charge < -0.3 is 4.90 Å². The van der Waals surface area contributed by atoms with Gasteiger partial charge in [-0.3, -0.25) is 14.1 Å². The van der Waals surface area contributed by atoms with Crippen molar-refractivity contribution in [2.24, 2.45) is 0 Å². The molecule has 2 aliphatic heterocycles. The van der Waals surface area contributed by atoms with Gasteiger partial charge in [-0.2, -0.15) is 13.2 Å².